The fourth-order valence-corrected chi connectivity index (χ4v) is 0. The Hall–Kier alpha value is 1.59. The van der Waals surface area contributed by atoms with E-state index in [2.05, 4.69) is 0 Å². The van der Waals surface area contributed by atoms with Crippen molar-refractivity contribution in [1.82, 2.24) is 12.3 Å². The third-order valence-corrected chi connectivity index (χ3v) is 0. The van der Waals surface area contributed by atoms with Crippen molar-refractivity contribution in [1.29, 1.82) is 0 Å². The first kappa shape index (κ1) is 22.6. The highest BCUT2D eigenvalue weighted by Gasteiger charge is 2.19. The van der Waals surface area contributed by atoms with Gasteiger partial charge in [-0.15, -0.1) is 56.7 Å². The Bertz CT molecular complexity index is 25.9. The molecule has 8 heteroatoms. The van der Waals surface area contributed by atoms with Gasteiger partial charge in [0.25, 0.3) is 0 Å². The summed E-state index contributed by atoms with van der Waals surface area (Å²) >= 11 is 19.9. The van der Waals surface area contributed by atoms with Crippen molar-refractivity contribution in [2.45, 2.75) is 0 Å². The quantitative estimate of drug-likeness (QED) is 0.510. The topological polar surface area (TPSA) is 65.5 Å². The highest BCUT2D eigenvalue weighted by atomic mass is 36.0. The highest BCUT2D eigenvalue weighted by molar-refractivity contribution is 7.81. The Morgan fingerprint density at radius 1 is 0.875 bits per heavy atom. The van der Waals surface area contributed by atoms with E-state index < -0.39 is 5.31 Å². The summed E-state index contributed by atoms with van der Waals surface area (Å²) in [6.07, 6.45) is 0. The van der Waals surface area contributed by atoms with Gasteiger partial charge in [-0.2, -0.15) is 0 Å². The van der Waals surface area contributed by atoms with Crippen LogP contribution in [0.25, 0.3) is 0 Å². The minimum absolute atomic E-state index is 0. The summed E-state index contributed by atoms with van der Waals surface area (Å²) in [6.45, 7) is 0. The van der Waals surface area contributed by atoms with Gasteiger partial charge in [0.2, 0.25) is 0 Å². The second-order valence-electron chi connectivity index (χ2n) is 0.429. The summed E-state index contributed by atoms with van der Waals surface area (Å²) in [4.78, 5) is 0. The Kier molecular flexibility index (Phi) is 24.3. The molecule has 0 fully saturated rings. The van der Waals surface area contributed by atoms with E-state index in [4.69, 9.17) is 44.3 Å². The molecule has 0 aliphatic rings. The first-order valence-corrected chi connectivity index (χ1v) is 6.80. The Balaban J connectivity index is -0.0000000267. The van der Waals surface area contributed by atoms with Crippen LogP contribution in [0, 0.1) is 0 Å². The van der Waals surface area contributed by atoms with Gasteiger partial charge in [-0.25, -0.2) is 0 Å². The molecule has 0 spiro atoms. The standard InChI is InChI=1S/Cl4Si.ClH.H3N.N/c1-5(2,3)4;;;/h;1H;1H3;. The molecule has 0 saturated carbocycles. The molecule has 3 N–H and O–H groups in total. The van der Waals surface area contributed by atoms with Crippen molar-refractivity contribution in [3.63, 3.8) is 0 Å². The lowest BCUT2D eigenvalue weighted by atomic mass is 14.0. The van der Waals surface area contributed by atoms with Crippen molar-refractivity contribution in [3.05, 3.63) is 0 Å². The average Bonchev–Trinajstić information content (AvgIpc) is 0.722. The summed E-state index contributed by atoms with van der Waals surface area (Å²) in [7, 11) is 0. The van der Waals surface area contributed by atoms with Crippen LogP contribution in [0.5, 0.6) is 0 Å². The van der Waals surface area contributed by atoms with Gasteiger partial charge in [-0.05, 0) is 0 Å². The van der Waals surface area contributed by atoms with Gasteiger partial charge in [0.1, 0.15) is 0 Å². The van der Waals surface area contributed by atoms with Gasteiger partial charge in [0.15, 0.2) is 0 Å². The zero-order valence-electron chi connectivity index (χ0n) is 3.57. The maximum absolute atomic E-state index is 4.97. The second kappa shape index (κ2) is 8.59. The smallest absolute Gasteiger partial charge is 0.344 e. The van der Waals surface area contributed by atoms with Crippen LogP contribution in [0.4, 0.5) is 0 Å². The molecule has 3 radical (unpaired) electrons. The normalized spacial score (nSPS) is 7.50. The van der Waals surface area contributed by atoms with Crippen molar-refractivity contribution < 1.29 is 0 Å². The highest BCUT2D eigenvalue weighted by Crippen LogP contribution is 2.23. The minimum Gasteiger partial charge on any atom is -0.344 e. The average molecular weight is 237 g/mol. The molecule has 0 aliphatic carbocycles. The van der Waals surface area contributed by atoms with Crippen molar-refractivity contribution in [2.24, 2.45) is 0 Å². The molecule has 0 rings (SSSR count). The Morgan fingerprint density at radius 2 is 0.875 bits per heavy atom. The van der Waals surface area contributed by atoms with Gasteiger partial charge >= 0.3 is 5.31 Å². The fraction of sp³-hybridized carbons (Fsp3) is 0. The third-order valence-electron chi connectivity index (χ3n) is 0. The van der Waals surface area contributed by atoms with Crippen molar-refractivity contribution in [3.8, 4) is 0 Å². The fourth-order valence-electron chi connectivity index (χ4n) is 0. The summed E-state index contributed by atoms with van der Waals surface area (Å²) in [5, 5.41) is -2.72. The first-order valence-electron chi connectivity index (χ1n) is 0.756. The SMILES string of the molecule is Cl.Cl[Si](Cl)(Cl)Cl.N.[N]. The van der Waals surface area contributed by atoms with Crippen molar-refractivity contribution >= 4 is 62.0 Å². The molecule has 0 atom stereocenters. The molecule has 0 unspecified atom stereocenters. The van der Waals surface area contributed by atoms with E-state index in [9.17, 15) is 0 Å². The van der Waals surface area contributed by atoms with Crippen LogP contribution < -0.4 is 12.3 Å². The molecular formula is H4Cl5N2Si. The van der Waals surface area contributed by atoms with E-state index >= 15 is 0 Å². The van der Waals surface area contributed by atoms with Gasteiger partial charge in [0, 0.05) is 6.15 Å². The zero-order valence-corrected chi connectivity index (χ0v) is 8.41. The molecule has 0 heterocycles. The van der Waals surface area contributed by atoms with Crippen LogP contribution in [0.1, 0.15) is 0 Å². The van der Waals surface area contributed by atoms with Crippen molar-refractivity contribution in [2.75, 3.05) is 0 Å². The van der Waals surface area contributed by atoms with E-state index in [-0.39, 0.29) is 24.7 Å². The molecule has 0 bridgehead atoms. The minimum atomic E-state index is -2.72. The van der Waals surface area contributed by atoms with E-state index in [0.717, 1.165) is 0 Å². The Labute approximate surface area is 74.2 Å². The molecule has 0 saturated heterocycles. The molecule has 2 nitrogen and oxygen atoms in total. The van der Waals surface area contributed by atoms with Crippen LogP contribution >= 0.6 is 56.7 Å². The van der Waals surface area contributed by atoms with Crippen LogP contribution in [0.3, 0.4) is 0 Å². The first-order chi connectivity index (χ1) is 2.00. The molecule has 0 aliphatic heterocycles. The van der Waals surface area contributed by atoms with Crippen LogP contribution in [-0.2, 0) is 0 Å². The number of rotatable bonds is 0. The van der Waals surface area contributed by atoms with Gasteiger partial charge < -0.3 is 6.15 Å². The zero-order chi connectivity index (χ0) is 4.50. The number of halogens is 5. The lowest BCUT2D eigenvalue weighted by Crippen LogP contribution is -1.91. The van der Waals surface area contributed by atoms with E-state index in [1.807, 2.05) is 0 Å². The number of hydrogen-bond acceptors (Lipinski definition) is 1. The Morgan fingerprint density at radius 3 is 0.875 bits per heavy atom. The van der Waals surface area contributed by atoms with Crippen LogP contribution in [0.2, 0.25) is 0 Å². The largest absolute Gasteiger partial charge is 0.440 e. The monoisotopic (exact) mass is 235 g/mol. The van der Waals surface area contributed by atoms with E-state index in [1.165, 1.54) is 0 Å². The summed E-state index contributed by atoms with van der Waals surface area (Å²) in [5.74, 6) is 0. The summed E-state index contributed by atoms with van der Waals surface area (Å²) < 4.78 is 0. The lowest BCUT2D eigenvalue weighted by molar-refractivity contribution is 2.13. The number of hydrogen-bond donors (Lipinski definition) is 1. The molecule has 0 aromatic heterocycles. The van der Waals surface area contributed by atoms with Crippen LogP contribution in [0.15, 0.2) is 0 Å². The summed E-state index contributed by atoms with van der Waals surface area (Å²) in [5.41, 5.74) is 0. The molecule has 8 heavy (non-hydrogen) atoms. The predicted octanol–water partition coefficient (Wildman–Crippen LogP) is 2.48. The van der Waals surface area contributed by atoms with Gasteiger partial charge in [0.05, 0.1) is 0 Å². The van der Waals surface area contributed by atoms with Gasteiger partial charge in [-0.1, -0.05) is 0 Å². The van der Waals surface area contributed by atoms with Crippen LogP contribution in [-0.4, -0.2) is 5.31 Å². The maximum atomic E-state index is 4.97. The van der Waals surface area contributed by atoms with Gasteiger partial charge in [-0.3, -0.25) is 0 Å². The van der Waals surface area contributed by atoms with E-state index in [1.54, 1.807) is 0 Å². The third kappa shape index (κ3) is 131. The molecule has 0 aromatic carbocycles. The lowest BCUT2D eigenvalue weighted by Gasteiger charge is -1.85. The molecule has 0 aromatic rings. The van der Waals surface area contributed by atoms with E-state index in [0.29, 0.717) is 0 Å². The predicted molar refractivity (Wildman–Crippen MR) is 43.6 cm³/mol. The summed E-state index contributed by atoms with van der Waals surface area (Å²) in [6, 6.07) is 0. The molecule has 0 amide bonds. The molecular weight excluding hydrogens is 233 g/mol. The maximum Gasteiger partial charge on any atom is 0.440 e. The molecule has 53 valence electrons. The second-order valence-corrected chi connectivity index (χ2v) is 11.6. The number of nitrogens with zero attached hydrogens (tertiary/aromatic N) is 1.